The molecule has 1 aromatic carbocycles. The number of aromatic carboxylic acids is 1. The van der Waals surface area contributed by atoms with Crippen LogP contribution < -0.4 is 5.32 Å². The Hall–Kier alpha value is -1.55. The van der Waals surface area contributed by atoms with E-state index >= 15 is 0 Å². The Morgan fingerprint density at radius 1 is 1.53 bits per heavy atom. The number of aryl methyl sites for hydroxylation is 1. The normalized spacial score (nSPS) is 10.0. The molecular formula is C11H15NO3. The Bertz CT molecular complexity index is 350. The third kappa shape index (κ3) is 3.25. The van der Waals surface area contributed by atoms with Crippen LogP contribution in [0.4, 0.5) is 5.69 Å². The molecule has 0 saturated carbocycles. The summed E-state index contributed by atoms with van der Waals surface area (Å²) < 4.78 is 4.91. The molecule has 0 radical (unpaired) electrons. The lowest BCUT2D eigenvalue weighted by Gasteiger charge is -2.09. The standard InChI is InChI=1S/C11H15NO3/c1-8-7-9(11(13)14)3-4-10(8)12-5-6-15-2/h3-4,7,12H,5-6H2,1-2H3,(H,13,14). The van der Waals surface area contributed by atoms with Gasteiger partial charge >= 0.3 is 5.97 Å². The minimum absolute atomic E-state index is 0.310. The Kier molecular flexibility index (Phi) is 4.12. The number of carboxylic acid groups (broad SMARTS) is 1. The molecule has 2 N–H and O–H groups in total. The van der Waals surface area contributed by atoms with Gasteiger partial charge in [0, 0.05) is 19.3 Å². The van der Waals surface area contributed by atoms with Gasteiger partial charge in [0.25, 0.3) is 0 Å². The number of carbonyl (C=O) groups is 1. The smallest absolute Gasteiger partial charge is 0.335 e. The van der Waals surface area contributed by atoms with Crippen LogP contribution in [0.2, 0.25) is 0 Å². The van der Waals surface area contributed by atoms with E-state index in [0.717, 1.165) is 11.3 Å². The molecule has 0 aromatic heterocycles. The maximum Gasteiger partial charge on any atom is 0.335 e. The highest BCUT2D eigenvalue weighted by Gasteiger charge is 2.04. The predicted octanol–water partition coefficient (Wildman–Crippen LogP) is 1.75. The van der Waals surface area contributed by atoms with Crippen molar-refractivity contribution in [2.45, 2.75) is 6.92 Å². The Balaban J connectivity index is 2.70. The summed E-state index contributed by atoms with van der Waals surface area (Å²) in [5.41, 5.74) is 2.17. The first-order valence-electron chi connectivity index (χ1n) is 4.72. The SMILES string of the molecule is COCCNc1ccc(C(=O)O)cc1C. The summed E-state index contributed by atoms with van der Waals surface area (Å²) in [7, 11) is 1.64. The zero-order chi connectivity index (χ0) is 11.3. The molecule has 4 heteroatoms. The van der Waals surface area contributed by atoms with E-state index in [4.69, 9.17) is 9.84 Å². The summed E-state index contributed by atoms with van der Waals surface area (Å²) in [4.78, 5) is 10.7. The quantitative estimate of drug-likeness (QED) is 0.725. The molecule has 0 saturated heterocycles. The molecule has 0 amide bonds. The second-order valence-corrected chi connectivity index (χ2v) is 3.25. The fraction of sp³-hybridized carbons (Fsp3) is 0.364. The van der Waals surface area contributed by atoms with Gasteiger partial charge in [-0.05, 0) is 30.7 Å². The predicted molar refractivity (Wildman–Crippen MR) is 58.5 cm³/mol. The lowest BCUT2D eigenvalue weighted by molar-refractivity contribution is 0.0697. The van der Waals surface area contributed by atoms with Gasteiger partial charge in [0.15, 0.2) is 0 Å². The van der Waals surface area contributed by atoms with E-state index in [1.54, 1.807) is 25.3 Å². The topological polar surface area (TPSA) is 58.6 Å². The van der Waals surface area contributed by atoms with Crippen LogP contribution >= 0.6 is 0 Å². The molecule has 0 heterocycles. The Morgan fingerprint density at radius 2 is 2.27 bits per heavy atom. The third-order valence-electron chi connectivity index (χ3n) is 2.09. The van der Waals surface area contributed by atoms with Crippen molar-refractivity contribution in [3.05, 3.63) is 29.3 Å². The van der Waals surface area contributed by atoms with E-state index in [2.05, 4.69) is 5.32 Å². The van der Waals surface area contributed by atoms with Crippen LogP contribution in [0.3, 0.4) is 0 Å². The molecule has 15 heavy (non-hydrogen) atoms. The molecule has 0 aliphatic heterocycles. The number of ether oxygens (including phenoxy) is 1. The highest BCUT2D eigenvalue weighted by atomic mass is 16.5. The van der Waals surface area contributed by atoms with Gasteiger partial charge in [-0.2, -0.15) is 0 Å². The van der Waals surface area contributed by atoms with Crippen molar-refractivity contribution in [2.24, 2.45) is 0 Å². The van der Waals surface area contributed by atoms with Crippen molar-refractivity contribution in [1.29, 1.82) is 0 Å². The maximum absolute atomic E-state index is 10.7. The first kappa shape index (κ1) is 11.5. The molecule has 1 rings (SSSR count). The Labute approximate surface area is 88.9 Å². The molecule has 4 nitrogen and oxygen atoms in total. The summed E-state index contributed by atoms with van der Waals surface area (Å²) in [5, 5.41) is 11.9. The zero-order valence-corrected chi connectivity index (χ0v) is 8.91. The van der Waals surface area contributed by atoms with E-state index in [-0.39, 0.29) is 0 Å². The second-order valence-electron chi connectivity index (χ2n) is 3.25. The van der Waals surface area contributed by atoms with E-state index in [9.17, 15) is 4.79 Å². The van der Waals surface area contributed by atoms with Gasteiger partial charge in [-0.15, -0.1) is 0 Å². The van der Waals surface area contributed by atoms with Gasteiger partial charge in [0.2, 0.25) is 0 Å². The molecule has 0 atom stereocenters. The van der Waals surface area contributed by atoms with Crippen molar-refractivity contribution in [3.8, 4) is 0 Å². The number of rotatable bonds is 5. The van der Waals surface area contributed by atoms with Crippen LogP contribution in [-0.4, -0.2) is 31.3 Å². The van der Waals surface area contributed by atoms with Crippen LogP contribution in [-0.2, 0) is 4.74 Å². The fourth-order valence-corrected chi connectivity index (χ4v) is 1.28. The van der Waals surface area contributed by atoms with Crippen LogP contribution in [0, 0.1) is 6.92 Å². The van der Waals surface area contributed by atoms with Gasteiger partial charge in [-0.1, -0.05) is 0 Å². The van der Waals surface area contributed by atoms with E-state index in [0.29, 0.717) is 18.7 Å². The summed E-state index contributed by atoms with van der Waals surface area (Å²) in [5.74, 6) is -0.901. The highest BCUT2D eigenvalue weighted by molar-refractivity contribution is 5.88. The number of benzene rings is 1. The first-order valence-corrected chi connectivity index (χ1v) is 4.72. The number of hydrogen-bond donors (Lipinski definition) is 2. The van der Waals surface area contributed by atoms with Crippen LogP contribution in [0.1, 0.15) is 15.9 Å². The molecule has 0 aliphatic carbocycles. The average molecular weight is 209 g/mol. The molecule has 0 spiro atoms. The summed E-state index contributed by atoms with van der Waals surface area (Å²) in [6, 6.07) is 5.01. The Morgan fingerprint density at radius 3 is 2.80 bits per heavy atom. The van der Waals surface area contributed by atoms with E-state index in [1.165, 1.54) is 0 Å². The second kappa shape index (κ2) is 5.36. The van der Waals surface area contributed by atoms with E-state index < -0.39 is 5.97 Å². The number of nitrogens with one attached hydrogen (secondary N) is 1. The van der Waals surface area contributed by atoms with Gasteiger partial charge in [0.05, 0.1) is 12.2 Å². The third-order valence-corrected chi connectivity index (χ3v) is 2.09. The lowest BCUT2D eigenvalue weighted by Crippen LogP contribution is -2.09. The van der Waals surface area contributed by atoms with Crippen molar-refractivity contribution in [2.75, 3.05) is 25.6 Å². The molecule has 0 fully saturated rings. The molecule has 0 aliphatic rings. The minimum atomic E-state index is -0.901. The number of carboxylic acids is 1. The highest BCUT2D eigenvalue weighted by Crippen LogP contribution is 2.16. The van der Waals surface area contributed by atoms with Gasteiger partial charge < -0.3 is 15.2 Å². The number of anilines is 1. The van der Waals surface area contributed by atoms with Crippen LogP contribution in [0.5, 0.6) is 0 Å². The molecule has 1 aromatic rings. The summed E-state index contributed by atoms with van der Waals surface area (Å²) >= 11 is 0. The zero-order valence-electron chi connectivity index (χ0n) is 8.91. The molecule has 82 valence electrons. The largest absolute Gasteiger partial charge is 0.478 e. The lowest BCUT2D eigenvalue weighted by atomic mass is 10.1. The van der Waals surface area contributed by atoms with Crippen molar-refractivity contribution in [1.82, 2.24) is 0 Å². The molecule has 0 bridgehead atoms. The molecule has 0 unspecified atom stereocenters. The maximum atomic E-state index is 10.7. The monoisotopic (exact) mass is 209 g/mol. The van der Waals surface area contributed by atoms with E-state index in [1.807, 2.05) is 6.92 Å². The van der Waals surface area contributed by atoms with Crippen molar-refractivity contribution in [3.63, 3.8) is 0 Å². The average Bonchev–Trinajstić information content (AvgIpc) is 2.20. The van der Waals surface area contributed by atoms with Gasteiger partial charge in [-0.3, -0.25) is 0 Å². The van der Waals surface area contributed by atoms with Crippen LogP contribution in [0.25, 0.3) is 0 Å². The first-order chi connectivity index (χ1) is 7.15. The molecular weight excluding hydrogens is 194 g/mol. The van der Waals surface area contributed by atoms with Crippen molar-refractivity contribution < 1.29 is 14.6 Å². The fourth-order valence-electron chi connectivity index (χ4n) is 1.28. The summed E-state index contributed by atoms with van der Waals surface area (Å²) in [6.45, 7) is 3.21. The van der Waals surface area contributed by atoms with Crippen LogP contribution in [0.15, 0.2) is 18.2 Å². The van der Waals surface area contributed by atoms with Gasteiger partial charge in [-0.25, -0.2) is 4.79 Å². The van der Waals surface area contributed by atoms with Gasteiger partial charge in [0.1, 0.15) is 0 Å². The van der Waals surface area contributed by atoms with Crippen molar-refractivity contribution >= 4 is 11.7 Å². The number of methoxy groups -OCH3 is 1. The summed E-state index contributed by atoms with van der Waals surface area (Å²) in [6.07, 6.45) is 0. The minimum Gasteiger partial charge on any atom is -0.478 e. The number of hydrogen-bond acceptors (Lipinski definition) is 3.